The summed E-state index contributed by atoms with van der Waals surface area (Å²) >= 11 is 12.9. The second-order valence-electron chi connectivity index (χ2n) is 1.93. The fraction of sp³-hybridized carbons (Fsp3) is 0.167. The van der Waals surface area contributed by atoms with E-state index >= 15 is 0 Å². The lowest BCUT2D eigenvalue weighted by atomic mass is 10.3. The fourth-order valence-electron chi connectivity index (χ4n) is 0.609. The first-order chi connectivity index (χ1) is 5.54. The molecule has 0 aliphatic heterocycles. The van der Waals surface area contributed by atoms with Crippen LogP contribution in [0.1, 0.15) is 12.0 Å². The molecule has 1 rings (SSSR count). The summed E-state index contributed by atoms with van der Waals surface area (Å²) in [5, 5.41) is 0.121. The first kappa shape index (κ1) is 10.4. The van der Waals surface area contributed by atoms with Crippen molar-refractivity contribution in [3.63, 3.8) is 0 Å². The van der Waals surface area contributed by atoms with Gasteiger partial charge in [0.05, 0.1) is 14.2 Å². The first-order valence-corrected chi connectivity index (χ1v) is 4.65. The Kier molecular flexibility index (Phi) is 3.48. The van der Waals surface area contributed by atoms with Gasteiger partial charge in [-0.25, -0.2) is 13.8 Å². The smallest absolute Gasteiger partial charge is 0.243 e. The number of alkyl halides is 2. The molecule has 0 aliphatic rings. The van der Waals surface area contributed by atoms with Crippen LogP contribution >= 0.6 is 45.8 Å². The number of halogens is 5. The Morgan fingerprint density at radius 2 is 2.00 bits per heavy atom. The van der Waals surface area contributed by atoms with Gasteiger partial charge in [0.25, 0.3) is 6.43 Å². The lowest BCUT2D eigenvalue weighted by molar-refractivity contribution is 0.151. The van der Waals surface area contributed by atoms with Crippen molar-refractivity contribution in [2.75, 3.05) is 0 Å². The maximum atomic E-state index is 12.2. The van der Waals surface area contributed by atoms with Crippen LogP contribution in [0.25, 0.3) is 0 Å². The monoisotopic (exact) mass is 323 g/mol. The maximum Gasteiger partial charge on any atom is 0.266 e. The minimum Gasteiger partial charge on any atom is -0.243 e. The van der Waals surface area contributed by atoms with Gasteiger partial charge in [-0.1, -0.05) is 23.2 Å². The van der Waals surface area contributed by atoms with Crippen LogP contribution in [-0.2, 0) is 0 Å². The van der Waals surface area contributed by atoms with Crippen LogP contribution in [0.4, 0.5) is 8.78 Å². The minimum atomic E-state index is -2.62. The van der Waals surface area contributed by atoms with Crippen molar-refractivity contribution in [2.45, 2.75) is 6.43 Å². The number of hydrogen-bond donors (Lipinski definition) is 0. The van der Waals surface area contributed by atoms with E-state index in [1.807, 2.05) is 0 Å². The average molecular weight is 324 g/mol. The molecule has 0 spiro atoms. The zero-order valence-corrected chi connectivity index (χ0v) is 9.16. The third-order valence-corrected chi connectivity index (χ3v) is 3.56. The van der Waals surface area contributed by atoms with Gasteiger partial charge in [0, 0.05) is 6.20 Å². The summed E-state index contributed by atoms with van der Waals surface area (Å²) in [6, 6.07) is 0. The Morgan fingerprint density at radius 3 is 2.50 bits per heavy atom. The predicted molar refractivity (Wildman–Crippen MR) is 51.9 cm³/mol. The standard InChI is InChI=1S/C6H2Cl2F2IN/c7-3-2(6(9)10)1-12-5(8)4(3)11/h1,6H. The van der Waals surface area contributed by atoms with Gasteiger partial charge in [0.15, 0.2) is 0 Å². The number of rotatable bonds is 1. The second kappa shape index (κ2) is 4.02. The van der Waals surface area contributed by atoms with Gasteiger partial charge >= 0.3 is 0 Å². The Hall–Kier alpha value is 0.320. The Morgan fingerprint density at radius 1 is 1.42 bits per heavy atom. The normalized spacial score (nSPS) is 10.8. The van der Waals surface area contributed by atoms with Crippen LogP contribution in [0.2, 0.25) is 10.2 Å². The van der Waals surface area contributed by atoms with E-state index in [9.17, 15) is 8.78 Å². The highest BCUT2D eigenvalue weighted by atomic mass is 127. The molecule has 66 valence electrons. The van der Waals surface area contributed by atoms with E-state index in [1.54, 1.807) is 22.6 Å². The van der Waals surface area contributed by atoms with Crippen molar-refractivity contribution in [1.29, 1.82) is 0 Å². The summed E-state index contributed by atoms with van der Waals surface area (Å²) in [4.78, 5) is 3.55. The SMILES string of the molecule is FC(F)c1cnc(Cl)c(I)c1Cl. The molecule has 0 radical (unpaired) electrons. The van der Waals surface area contributed by atoms with Gasteiger partial charge < -0.3 is 0 Å². The third kappa shape index (κ3) is 1.97. The van der Waals surface area contributed by atoms with Crippen LogP contribution in [0.3, 0.4) is 0 Å². The van der Waals surface area contributed by atoms with Gasteiger partial charge in [0.1, 0.15) is 5.15 Å². The van der Waals surface area contributed by atoms with E-state index < -0.39 is 6.43 Å². The van der Waals surface area contributed by atoms with Gasteiger partial charge in [-0.3, -0.25) is 0 Å². The average Bonchev–Trinajstić information content (AvgIpc) is 2.00. The maximum absolute atomic E-state index is 12.2. The lowest BCUT2D eigenvalue weighted by Gasteiger charge is -2.04. The molecule has 12 heavy (non-hydrogen) atoms. The Bertz CT molecular complexity index is 306. The lowest BCUT2D eigenvalue weighted by Crippen LogP contribution is -1.92. The van der Waals surface area contributed by atoms with Crippen LogP contribution in [0.15, 0.2) is 6.20 Å². The molecular formula is C6H2Cl2F2IN. The van der Waals surface area contributed by atoms with E-state index in [0.29, 0.717) is 3.57 Å². The molecule has 1 nitrogen and oxygen atoms in total. The molecule has 0 fully saturated rings. The van der Waals surface area contributed by atoms with E-state index in [2.05, 4.69) is 4.98 Å². The van der Waals surface area contributed by atoms with Gasteiger partial charge in [-0.05, 0) is 22.6 Å². The number of pyridine rings is 1. The van der Waals surface area contributed by atoms with Crippen LogP contribution in [0, 0.1) is 3.57 Å². The predicted octanol–water partition coefficient (Wildman–Crippen LogP) is 3.93. The summed E-state index contributed by atoms with van der Waals surface area (Å²) in [6.07, 6.45) is -1.63. The van der Waals surface area contributed by atoms with Gasteiger partial charge in [-0.2, -0.15) is 0 Å². The summed E-state index contributed by atoms with van der Waals surface area (Å²) in [6.45, 7) is 0. The molecule has 0 saturated carbocycles. The number of nitrogens with zero attached hydrogens (tertiary/aromatic N) is 1. The van der Waals surface area contributed by atoms with Gasteiger partial charge in [-0.15, -0.1) is 0 Å². The molecule has 1 aromatic heterocycles. The fourth-order valence-corrected chi connectivity index (χ4v) is 1.47. The van der Waals surface area contributed by atoms with Crippen LogP contribution in [-0.4, -0.2) is 4.98 Å². The minimum absolute atomic E-state index is 0.0226. The molecular weight excluding hydrogens is 322 g/mol. The molecule has 6 heteroatoms. The van der Waals surface area contributed by atoms with Crippen LogP contribution in [0.5, 0.6) is 0 Å². The second-order valence-corrected chi connectivity index (χ2v) is 3.75. The van der Waals surface area contributed by atoms with Crippen molar-refractivity contribution < 1.29 is 8.78 Å². The van der Waals surface area contributed by atoms with E-state index in [4.69, 9.17) is 23.2 Å². The zero-order chi connectivity index (χ0) is 9.30. The van der Waals surface area contributed by atoms with Crippen molar-refractivity contribution in [3.05, 3.63) is 25.5 Å². The zero-order valence-electron chi connectivity index (χ0n) is 5.49. The molecule has 0 bridgehead atoms. The largest absolute Gasteiger partial charge is 0.266 e. The highest BCUT2D eigenvalue weighted by Gasteiger charge is 2.16. The summed E-state index contributed by atoms with van der Waals surface area (Å²) < 4.78 is 24.7. The van der Waals surface area contributed by atoms with Crippen molar-refractivity contribution >= 4 is 45.8 Å². The summed E-state index contributed by atoms with van der Waals surface area (Å²) in [7, 11) is 0. The molecule has 0 amide bonds. The number of hydrogen-bond acceptors (Lipinski definition) is 1. The molecule has 0 saturated heterocycles. The first-order valence-electron chi connectivity index (χ1n) is 2.81. The molecule has 0 unspecified atom stereocenters. The highest BCUT2D eigenvalue weighted by Crippen LogP contribution is 2.32. The summed E-state index contributed by atoms with van der Waals surface area (Å²) in [5.74, 6) is 0. The highest BCUT2D eigenvalue weighted by molar-refractivity contribution is 14.1. The van der Waals surface area contributed by atoms with E-state index in [0.717, 1.165) is 6.20 Å². The van der Waals surface area contributed by atoms with Gasteiger partial charge in [0.2, 0.25) is 0 Å². The van der Waals surface area contributed by atoms with Crippen LogP contribution < -0.4 is 0 Å². The Balaban J connectivity index is 3.27. The van der Waals surface area contributed by atoms with Crippen molar-refractivity contribution in [3.8, 4) is 0 Å². The molecule has 0 atom stereocenters. The van der Waals surface area contributed by atoms with E-state index in [1.165, 1.54) is 0 Å². The number of aromatic nitrogens is 1. The molecule has 1 aromatic rings. The van der Waals surface area contributed by atoms with Crippen molar-refractivity contribution in [1.82, 2.24) is 4.98 Å². The van der Waals surface area contributed by atoms with E-state index in [-0.39, 0.29) is 15.7 Å². The quantitative estimate of drug-likeness (QED) is 0.563. The van der Waals surface area contributed by atoms with Crippen molar-refractivity contribution in [2.24, 2.45) is 0 Å². The third-order valence-electron chi connectivity index (χ3n) is 1.18. The molecule has 0 N–H and O–H groups in total. The topological polar surface area (TPSA) is 12.9 Å². The molecule has 1 heterocycles. The molecule has 0 aliphatic carbocycles. The molecule has 0 aromatic carbocycles. The Labute approximate surface area is 91.2 Å². The summed E-state index contributed by atoms with van der Waals surface area (Å²) in [5.41, 5.74) is -0.287.